The molecule has 1 N–H and O–H groups in total. The van der Waals surface area contributed by atoms with Gasteiger partial charge in [0.2, 0.25) is 0 Å². The van der Waals surface area contributed by atoms with Gasteiger partial charge in [0, 0.05) is 22.8 Å². The number of benzene rings is 1. The van der Waals surface area contributed by atoms with Gasteiger partial charge >= 0.3 is 0 Å². The van der Waals surface area contributed by atoms with Gasteiger partial charge in [0.15, 0.2) is 0 Å². The fourth-order valence-corrected chi connectivity index (χ4v) is 3.10. The van der Waals surface area contributed by atoms with Crippen molar-refractivity contribution < 1.29 is 4.74 Å². The third-order valence-corrected chi connectivity index (χ3v) is 4.33. The minimum atomic E-state index is 0.110. The molecule has 1 heterocycles. The molecule has 0 unspecified atom stereocenters. The van der Waals surface area contributed by atoms with Crippen molar-refractivity contribution in [3.63, 3.8) is 0 Å². The Bertz CT molecular complexity index is 569. The maximum absolute atomic E-state index is 5.95. The van der Waals surface area contributed by atoms with E-state index in [0.717, 1.165) is 18.8 Å². The Morgan fingerprint density at radius 2 is 1.86 bits per heavy atom. The molecule has 0 saturated heterocycles. The normalized spacial score (nSPS) is 11.6. The standard InChI is InChI=1S/C18H25NOS/c1-14-9-10-15(21-14)13-19-11-12-20-17-8-6-5-7-16(17)18(2,3)4/h5-10,19H,11-13H2,1-4H3. The van der Waals surface area contributed by atoms with Crippen molar-refractivity contribution in [2.24, 2.45) is 0 Å². The molecule has 0 amide bonds. The minimum absolute atomic E-state index is 0.110. The molecule has 0 aliphatic heterocycles. The summed E-state index contributed by atoms with van der Waals surface area (Å²) in [6, 6.07) is 12.7. The molecule has 0 spiro atoms. The average Bonchev–Trinajstić information content (AvgIpc) is 2.83. The zero-order chi connectivity index (χ0) is 15.3. The number of ether oxygens (including phenoxy) is 1. The fourth-order valence-electron chi connectivity index (χ4n) is 2.24. The first-order valence-corrected chi connectivity index (χ1v) is 8.27. The summed E-state index contributed by atoms with van der Waals surface area (Å²) in [7, 11) is 0. The topological polar surface area (TPSA) is 21.3 Å². The van der Waals surface area contributed by atoms with E-state index in [0.29, 0.717) is 6.61 Å². The molecule has 2 aromatic rings. The van der Waals surface area contributed by atoms with Gasteiger partial charge in [-0.05, 0) is 36.1 Å². The lowest BCUT2D eigenvalue weighted by Crippen LogP contribution is -2.21. The predicted molar refractivity (Wildman–Crippen MR) is 91.4 cm³/mol. The molecule has 21 heavy (non-hydrogen) atoms. The van der Waals surface area contributed by atoms with Crippen molar-refractivity contribution in [1.29, 1.82) is 0 Å². The molecular weight excluding hydrogens is 278 g/mol. The summed E-state index contributed by atoms with van der Waals surface area (Å²) in [4.78, 5) is 2.74. The van der Waals surface area contributed by atoms with Crippen LogP contribution in [-0.4, -0.2) is 13.2 Å². The quantitative estimate of drug-likeness (QED) is 0.792. The Hall–Kier alpha value is -1.32. The Labute approximate surface area is 132 Å². The van der Waals surface area contributed by atoms with Crippen LogP contribution in [0.3, 0.4) is 0 Å². The SMILES string of the molecule is Cc1ccc(CNCCOc2ccccc2C(C)(C)C)s1. The van der Waals surface area contributed by atoms with E-state index >= 15 is 0 Å². The first-order valence-electron chi connectivity index (χ1n) is 7.45. The van der Waals surface area contributed by atoms with Crippen LogP contribution in [0.2, 0.25) is 0 Å². The largest absolute Gasteiger partial charge is 0.492 e. The van der Waals surface area contributed by atoms with Gasteiger partial charge in [-0.2, -0.15) is 0 Å². The minimum Gasteiger partial charge on any atom is -0.492 e. The van der Waals surface area contributed by atoms with E-state index in [-0.39, 0.29) is 5.41 Å². The van der Waals surface area contributed by atoms with Crippen LogP contribution < -0.4 is 10.1 Å². The first kappa shape index (κ1) is 16.1. The van der Waals surface area contributed by atoms with E-state index in [1.807, 2.05) is 17.4 Å². The molecule has 2 rings (SSSR count). The molecule has 0 atom stereocenters. The third-order valence-electron chi connectivity index (χ3n) is 3.33. The second-order valence-electron chi connectivity index (χ2n) is 6.28. The van der Waals surface area contributed by atoms with Crippen molar-refractivity contribution in [3.8, 4) is 5.75 Å². The van der Waals surface area contributed by atoms with Gasteiger partial charge in [0.05, 0.1) is 0 Å². The highest BCUT2D eigenvalue weighted by Gasteiger charge is 2.18. The lowest BCUT2D eigenvalue weighted by atomic mass is 9.86. The van der Waals surface area contributed by atoms with Crippen molar-refractivity contribution in [1.82, 2.24) is 5.32 Å². The van der Waals surface area contributed by atoms with Crippen molar-refractivity contribution in [2.45, 2.75) is 39.7 Å². The molecule has 2 nitrogen and oxygen atoms in total. The zero-order valence-electron chi connectivity index (χ0n) is 13.4. The highest BCUT2D eigenvalue weighted by molar-refractivity contribution is 7.11. The summed E-state index contributed by atoms with van der Waals surface area (Å²) in [5.74, 6) is 0.999. The molecular formula is C18H25NOS. The molecule has 1 aromatic heterocycles. The van der Waals surface area contributed by atoms with Crippen LogP contribution in [0.15, 0.2) is 36.4 Å². The van der Waals surface area contributed by atoms with E-state index in [1.165, 1.54) is 15.3 Å². The second kappa shape index (κ2) is 7.10. The lowest BCUT2D eigenvalue weighted by molar-refractivity contribution is 0.305. The van der Waals surface area contributed by atoms with Crippen molar-refractivity contribution in [3.05, 3.63) is 51.7 Å². The van der Waals surface area contributed by atoms with Crippen molar-refractivity contribution in [2.75, 3.05) is 13.2 Å². The van der Waals surface area contributed by atoms with Crippen LogP contribution in [0.4, 0.5) is 0 Å². The number of hydrogen-bond donors (Lipinski definition) is 1. The van der Waals surface area contributed by atoms with Gasteiger partial charge in [-0.3, -0.25) is 0 Å². The van der Waals surface area contributed by atoms with E-state index < -0.39 is 0 Å². The molecule has 1 aromatic carbocycles. The predicted octanol–water partition coefficient (Wildman–Crippen LogP) is 4.52. The molecule has 114 valence electrons. The van der Waals surface area contributed by atoms with Gasteiger partial charge in [-0.1, -0.05) is 39.0 Å². The maximum Gasteiger partial charge on any atom is 0.123 e. The Balaban J connectivity index is 1.79. The average molecular weight is 303 g/mol. The van der Waals surface area contributed by atoms with E-state index in [9.17, 15) is 0 Å². The lowest BCUT2D eigenvalue weighted by Gasteiger charge is -2.22. The fraction of sp³-hybridized carbons (Fsp3) is 0.444. The van der Waals surface area contributed by atoms with Gasteiger partial charge in [0.1, 0.15) is 12.4 Å². The second-order valence-corrected chi connectivity index (χ2v) is 7.66. The zero-order valence-corrected chi connectivity index (χ0v) is 14.2. The Morgan fingerprint density at radius 1 is 1.10 bits per heavy atom. The first-order chi connectivity index (χ1) is 9.97. The number of aryl methyl sites for hydroxylation is 1. The summed E-state index contributed by atoms with van der Waals surface area (Å²) in [5.41, 5.74) is 1.37. The molecule has 0 fully saturated rings. The highest BCUT2D eigenvalue weighted by atomic mass is 32.1. The number of thiophene rings is 1. The summed E-state index contributed by atoms with van der Waals surface area (Å²) >= 11 is 1.84. The number of nitrogens with one attached hydrogen (secondary N) is 1. The van der Waals surface area contributed by atoms with Gasteiger partial charge < -0.3 is 10.1 Å². The monoisotopic (exact) mass is 303 g/mol. The highest BCUT2D eigenvalue weighted by Crippen LogP contribution is 2.30. The molecule has 0 bridgehead atoms. The van der Waals surface area contributed by atoms with Crippen LogP contribution >= 0.6 is 11.3 Å². The number of hydrogen-bond acceptors (Lipinski definition) is 3. The van der Waals surface area contributed by atoms with Crippen molar-refractivity contribution >= 4 is 11.3 Å². The van der Waals surface area contributed by atoms with Gasteiger partial charge in [-0.25, -0.2) is 0 Å². The molecule has 0 radical (unpaired) electrons. The molecule has 0 aliphatic rings. The maximum atomic E-state index is 5.95. The van der Waals surface area contributed by atoms with E-state index in [4.69, 9.17) is 4.74 Å². The summed E-state index contributed by atoms with van der Waals surface area (Å²) in [6.07, 6.45) is 0. The molecule has 0 saturated carbocycles. The van der Waals surface area contributed by atoms with Crippen LogP contribution in [-0.2, 0) is 12.0 Å². The van der Waals surface area contributed by atoms with Gasteiger partial charge in [0.25, 0.3) is 0 Å². The van der Waals surface area contributed by atoms with Crippen LogP contribution in [0.1, 0.15) is 36.1 Å². The number of rotatable bonds is 6. The smallest absolute Gasteiger partial charge is 0.123 e. The van der Waals surface area contributed by atoms with E-state index in [1.54, 1.807) is 0 Å². The van der Waals surface area contributed by atoms with Crippen LogP contribution in [0.5, 0.6) is 5.75 Å². The number of para-hydroxylation sites is 1. The summed E-state index contributed by atoms with van der Waals surface area (Å²) < 4.78 is 5.95. The summed E-state index contributed by atoms with van der Waals surface area (Å²) in [5, 5.41) is 3.43. The van der Waals surface area contributed by atoms with E-state index in [2.05, 4.69) is 63.3 Å². The van der Waals surface area contributed by atoms with Crippen LogP contribution in [0.25, 0.3) is 0 Å². The molecule has 3 heteroatoms. The summed E-state index contributed by atoms with van der Waals surface area (Å²) in [6.45, 7) is 11.3. The Kier molecular flexibility index (Phi) is 5.43. The molecule has 0 aliphatic carbocycles. The third kappa shape index (κ3) is 4.87. The van der Waals surface area contributed by atoms with Gasteiger partial charge in [-0.15, -0.1) is 11.3 Å². The van der Waals surface area contributed by atoms with Crippen LogP contribution in [0, 0.1) is 6.92 Å². The Morgan fingerprint density at radius 3 is 2.52 bits per heavy atom.